The molecule has 1 rings (SSSR count). The number of hydrogen-bond acceptors (Lipinski definition) is 2. The van der Waals surface area contributed by atoms with Gasteiger partial charge < -0.3 is 15.7 Å². The molecule has 116 valence electrons. The molecule has 0 fully saturated rings. The number of nitrogens with one attached hydrogen (secondary N) is 2. The van der Waals surface area contributed by atoms with E-state index in [4.69, 9.17) is 5.11 Å². The average Bonchev–Trinajstić information content (AvgIpc) is 2.42. The molecule has 0 aromatic heterocycles. The molecule has 0 spiro atoms. The minimum Gasteiger partial charge on any atom is -0.478 e. The van der Waals surface area contributed by atoms with Crippen LogP contribution in [0.25, 0.3) is 0 Å². The van der Waals surface area contributed by atoms with Gasteiger partial charge >= 0.3 is 12.0 Å². The summed E-state index contributed by atoms with van der Waals surface area (Å²) in [5.74, 6) is -3.45. The Labute approximate surface area is 121 Å². The zero-order valence-electron chi connectivity index (χ0n) is 11.9. The number of aromatic carboxylic acids is 1. The summed E-state index contributed by atoms with van der Waals surface area (Å²) in [4.78, 5) is 22.4. The fourth-order valence-electron chi connectivity index (χ4n) is 1.79. The van der Waals surface area contributed by atoms with Crippen LogP contribution in [0.4, 0.5) is 19.3 Å². The van der Waals surface area contributed by atoms with Gasteiger partial charge in [0.1, 0.15) is 11.6 Å². The Balaban J connectivity index is 2.76. The second-order valence-electron chi connectivity index (χ2n) is 4.63. The standard InChI is InChI=1S/C14H18F2N2O3/c1-3-8(4-2)7-17-14(21)18-12-5-9(13(19)20)10(15)6-11(12)16/h5-6,8H,3-4,7H2,1-2H3,(H,19,20)(H2,17,18,21). The number of carboxylic acid groups (broad SMARTS) is 1. The van der Waals surface area contributed by atoms with Gasteiger partial charge in [0.15, 0.2) is 0 Å². The number of carbonyl (C=O) groups excluding carboxylic acids is 1. The first kappa shape index (κ1) is 16.9. The van der Waals surface area contributed by atoms with Crippen LogP contribution in [-0.2, 0) is 0 Å². The number of urea groups is 1. The number of hydrogen-bond donors (Lipinski definition) is 3. The van der Waals surface area contributed by atoms with Crippen LogP contribution >= 0.6 is 0 Å². The molecule has 0 saturated carbocycles. The van der Waals surface area contributed by atoms with Crippen molar-refractivity contribution in [1.82, 2.24) is 5.32 Å². The molecule has 5 nitrogen and oxygen atoms in total. The van der Waals surface area contributed by atoms with Gasteiger partial charge in [-0.3, -0.25) is 0 Å². The Kier molecular flexibility index (Phi) is 6.08. The third kappa shape index (κ3) is 4.70. The molecule has 0 radical (unpaired) electrons. The van der Waals surface area contributed by atoms with Gasteiger partial charge in [-0.2, -0.15) is 0 Å². The van der Waals surface area contributed by atoms with Gasteiger partial charge in [0, 0.05) is 12.6 Å². The molecule has 2 amide bonds. The van der Waals surface area contributed by atoms with Gasteiger partial charge in [-0.15, -0.1) is 0 Å². The zero-order chi connectivity index (χ0) is 16.0. The zero-order valence-corrected chi connectivity index (χ0v) is 11.9. The Morgan fingerprint density at radius 2 is 1.81 bits per heavy atom. The minimum absolute atomic E-state index is 0.309. The van der Waals surface area contributed by atoms with Crippen LogP contribution in [0.5, 0.6) is 0 Å². The molecule has 0 aliphatic heterocycles. The summed E-state index contributed by atoms with van der Waals surface area (Å²) in [5.41, 5.74) is -1.08. The highest BCUT2D eigenvalue weighted by Gasteiger charge is 2.16. The normalized spacial score (nSPS) is 10.5. The van der Waals surface area contributed by atoms with E-state index >= 15 is 0 Å². The minimum atomic E-state index is -1.53. The van der Waals surface area contributed by atoms with Gasteiger partial charge in [-0.25, -0.2) is 18.4 Å². The molecular weight excluding hydrogens is 282 g/mol. The molecular formula is C14H18F2N2O3. The first-order valence-corrected chi connectivity index (χ1v) is 6.66. The average molecular weight is 300 g/mol. The predicted molar refractivity (Wildman–Crippen MR) is 74.4 cm³/mol. The Morgan fingerprint density at radius 3 is 2.33 bits per heavy atom. The van der Waals surface area contributed by atoms with E-state index in [2.05, 4.69) is 10.6 Å². The molecule has 1 aromatic carbocycles. The number of carbonyl (C=O) groups is 2. The first-order chi connectivity index (χ1) is 9.88. The van der Waals surface area contributed by atoms with Gasteiger partial charge in [0.2, 0.25) is 0 Å². The van der Waals surface area contributed by atoms with Crippen LogP contribution in [0.3, 0.4) is 0 Å². The number of rotatable bonds is 6. The molecule has 21 heavy (non-hydrogen) atoms. The smallest absolute Gasteiger partial charge is 0.338 e. The topological polar surface area (TPSA) is 78.4 Å². The monoisotopic (exact) mass is 300 g/mol. The highest BCUT2D eigenvalue weighted by atomic mass is 19.1. The number of amides is 2. The highest BCUT2D eigenvalue weighted by Crippen LogP contribution is 2.19. The van der Waals surface area contributed by atoms with E-state index in [1.165, 1.54) is 0 Å². The second-order valence-corrected chi connectivity index (χ2v) is 4.63. The molecule has 1 aromatic rings. The van der Waals surface area contributed by atoms with Crippen LogP contribution in [0.1, 0.15) is 37.0 Å². The first-order valence-electron chi connectivity index (χ1n) is 6.66. The van der Waals surface area contributed by atoms with Crippen molar-refractivity contribution in [3.8, 4) is 0 Å². The third-order valence-corrected chi connectivity index (χ3v) is 3.24. The summed E-state index contributed by atoms with van der Waals surface area (Å²) < 4.78 is 26.7. The largest absolute Gasteiger partial charge is 0.478 e. The van der Waals surface area contributed by atoms with Crippen molar-refractivity contribution in [2.45, 2.75) is 26.7 Å². The van der Waals surface area contributed by atoms with Crippen LogP contribution < -0.4 is 10.6 Å². The lowest BCUT2D eigenvalue weighted by atomic mass is 10.0. The summed E-state index contributed by atoms with van der Waals surface area (Å²) in [7, 11) is 0. The SMILES string of the molecule is CCC(CC)CNC(=O)Nc1cc(C(=O)O)c(F)cc1F. The molecule has 0 unspecified atom stereocenters. The van der Waals surface area contributed by atoms with Crippen molar-refractivity contribution >= 4 is 17.7 Å². The number of halogens is 2. The van der Waals surface area contributed by atoms with Crippen molar-refractivity contribution in [1.29, 1.82) is 0 Å². The van der Waals surface area contributed by atoms with Crippen LogP contribution in [-0.4, -0.2) is 23.7 Å². The summed E-state index contributed by atoms with van der Waals surface area (Å²) in [5, 5.41) is 13.5. The van der Waals surface area contributed by atoms with Crippen LogP contribution in [0.2, 0.25) is 0 Å². The maximum atomic E-state index is 13.5. The van der Waals surface area contributed by atoms with Crippen LogP contribution in [0.15, 0.2) is 12.1 Å². The Bertz CT molecular complexity index is 531. The van der Waals surface area contributed by atoms with E-state index in [0.717, 1.165) is 18.9 Å². The lowest BCUT2D eigenvalue weighted by molar-refractivity contribution is 0.0692. The maximum absolute atomic E-state index is 13.5. The van der Waals surface area contributed by atoms with Gasteiger partial charge in [0.05, 0.1) is 11.3 Å². The molecule has 0 atom stereocenters. The molecule has 0 aliphatic carbocycles. The fourth-order valence-corrected chi connectivity index (χ4v) is 1.79. The Hall–Kier alpha value is -2.18. The molecule has 0 heterocycles. The Morgan fingerprint density at radius 1 is 1.19 bits per heavy atom. The van der Waals surface area contributed by atoms with Gasteiger partial charge in [-0.05, 0) is 12.0 Å². The van der Waals surface area contributed by atoms with E-state index in [0.29, 0.717) is 18.5 Å². The molecule has 0 bridgehead atoms. The summed E-state index contributed by atoms with van der Waals surface area (Å²) in [6, 6.07) is 0.521. The number of anilines is 1. The van der Waals surface area contributed by atoms with E-state index in [-0.39, 0.29) is 5.69 Å². The summed E-state index contributed by atoms with van der Waals surface area (Å²) in [6.07, 6.45) is 1.79. The van der Waals surface area contributed by atoms with Crippen molar-refractivity contribution in [3.63, 3.8) is 0 Å². The summed E-state index contributed by atoms with van der Waals surface area (Å²) >= 11 is 0. The second kappa shape index (κ2) is 7.56. The quantitative estimate of drug-likeness (QED) is 0.754. The third-order valence-electron chi connectivity index (χ3n) is 3.24. The van der Waals surface area contributed by atoms with Crippen molar-refractivity contribution in [2.24, 2.45) is 5.92 Å². The van der Waals surface area contributed by atoms with Crippen molar-refractivity contribution < 1.29 is 23.5 Å². The van der Waals surface area contributed by atoms with Gasteiger partial charge in [-0.1, -0.05) is 26.7 Å². The number of carboxylic acids is 1. The highest BCUT2D eigenvalue weighted by molar-refractivity contribution is 5.93. The summed E-state index contributed by atoms with van der Waals surface area (Å²) in [6.45, 7) is 4.41. The predicted octanol–water partition coefficient (Wildman–Crippen LogP) is 3.22. The van der Waals surface area contributed by atoms with E-state index in [9.17, 15) is 18.4 Å². The maximum Gasteiger partial charge on any atom is 0.338 e. The van der Waals surface area contributed by atoms with Crippen LogP contribution in [0, 0.1) is 17.6 Å². The number of benzene rings is 1. The van der Waals surface area contributed by atoms with Crippen molar-refractivity contribution in [3.05, 3.63) is 29.3 Å². The molecule has 0 saturated heterocycles. The molecule has 7 heteroatoms. The van der Waals surface area contributed by atoms with Gasteiger partial charge in [0.25, 0.3) is 0 Å². The van der Waals surface area contributed by atoms with Crippen molar-refractivity contribution in [2.75, 3.05) is 11.9 Å². The van der Waals surface area contributed by atoms with E-state index in [1.54, 1.807) is 0 Å². The lowest BCUT2D eigenvalue weighted by Gasteiger charge is -2.14. The fraction of sp³-hybridized carbons (Fsp3) is 0.429. The molecule has 3 N–H and O–H groups in total. The van der Waals surface area contributed by atoms with E-state index < -0.39 is 29.2 Å². The lowest BCUT2D eigenvalue weighted by Crippen LogP contribution is -2.33. The molecule has 0 aliphatic rings. The van der Waals surface area contributed by atoms with E-state index in [1.807, 2.05) is 13.8 Å².